The fourth-order valence-corrected chi connectivity index (χ4v) is 6.90. The first kappa shape index (κ1) is 19.6. The first-order valence-electron chi connectivity index (χ1n) is 10.1. The van der Waals surface area contributed by atoms with Gasteiger partial charge in [0.1, 0.15) is 5.78 Å². The summed E-state index contributed by atoms with van der Waals surface area (Å²) in [5.74, 6) is 1.96. The van der Waals surface area contributed by atoms with Gasteiger partial charge >= 0.3 is 0 Å². The summed E-state index contributed by atoms with van der Waals surface area (Å²) < 4.78 is 25.1. The smallest absolute Gasteiger partial charge is 0.178 e. The van der Waals surface area contributed by atoms with Crippen LogP contribution in [-0.2, 0) is 14.6 Å². The first-order valence-corrected chi connectivity index (χ1v) is 11.7. The maximum absolute atomic E-state index is 12.5. The van der Waals surface area contributed by atoms with E-state index in [-0.39, 0.29) is 17.1 Å². The highest BCUT2D eigenvalue weighted by Crippen LogP contribution is 2.57. The minimum Gasteiger partial charge on any atom is -0.299 e. The van der Waals surface area contributed by atoms with Crippen LogP contribution < -0.4 is 0 Å². The van der Waals surface area contributed by atoms with Gasteiger partial charge in [0.15, 0.2) is 9.84 Å². The molecule has 0 spiro atoms. The number of carbonyl (C=O) groups excluding carboxylic acids is 1. The maximum Gasteiger partial charge on any atom is 0.178 e. The van der Waals surface area contributed by atoms with Gasteiger partial charge < -0.3 is 0 Å². The zero-order chi connectivity index (χ0) is 18.9. The van der Waals surface area contributed by atoms with Crippen molar-refractivity contribution < 1.29 is 13.2 Å². The Morgan fingerprint density at radius 3 is 2.58 bits per heavy atom. The van der Waals surface area contributed by atoms with Crippen LogP contribution in [0.15, 0.2) is 29.2 Å². The topological polar surface area (TPSA) is 51.2 Å². The molecule has 4 heteroatoms. The molecule has 2 fully saturated rings. The Kier molecular flexibility index (Phi) is 5.62. The van der Waals surface area contributed by atoms with Gasteiger partial charge in [0, 0.05) is 12.3 Å². The Bertz CT molecular complexity index is 750. The zero-order valence-corrected chi connectivity index (χ0v) is 17.1. The van der Waals surface area contributed by atoms with Gasteiger partial charge in [-0.2, -0.15) is 0 Å². The van der Waals surface area contributed by atoms with E-state index in [1.165, 1.54) is 0 Å². The van der Waals surface area contributed by atoms with Gasteiger partial charge in [-0.25, -0.2) is 8.42 Å². The number of hydrogen-bond acceptors (Lipinski definition) is 3. The molecule has 4 atom stereocenters. The van der Waals surface area contributed by atoms with Gasteiger partial charge in [-0.15, -0.1) is 0 Å². The van der Waals surface area contributed by atoms with E-state index >= 15 is 0 Å². The quantitative estimate of drug-likeness (QED) is 0.704. The van der Waals surface area contributed by atoms with Crippen LogP contribution in [0.1, 0.15) is 64.4 Å². The third kappa shape index (κ3) is 3.76. The van der Waals surface area contributed by atoms with Crippen LogP contribution in [0.4, 0.5) is 0 Å². The second-order valence-corrected chi connectivity index (χ2v) is 10.9. The van der Waals surface area contributed by atoms with Gasteiger partial charge in [-0.1, -0.05) is 31.5 Å². The minimum atomic E-state index is -3.20. The van der Waals surface area contributed by atoms with E-state index in [0.29, 0.717) is 28.9 Å². The number of benzene rings is 1. The summed E-state index contributed by atoms with van der Waals surface area (Å²) in [6, 6.07) is 7.14. The molecule has 0 saturated heterocycles. The highest BCUT2D eigenvalue weighted by atomic mass is 32.2. The molecule has 0 aromatic heterocycles. The summed E-state index contributed by atoms with van der Waals surface area (Å²) >= 11 is 0. The molecule has 1 aromatic rings. The van der Waals surface area contributed by atoms with Crippen molar-refractivity contribution in [2.24, 2.45) is 23.2 Å². The standard InChI is InChI=1S/C22H32O3S/c1-16-8-10-18(11-9-16)26(24,25)15-5-6-17(2)19-12-13-20-21(23)7-4-14-22(19,20)3/h8-11,17,19-20H,4-7,12-15H2,1-3H3/t17-,19-,20+,22-/m1/s1. The van der Waals surface area contributed by atoms with Crippen molar-refractivity contribution in [1.82, 2.24) is 0 Å². The summed E-state index contributed by atoms with van der Waals surface area (Å²) in [6.45, 7) is 6.53. The maximum atomic E-state index is 12.5. The summed E-state index contributed by atoms with van der Waals surface area (Å²) in [5, 5.41) is 0. The predicted octanol–water partition coefficient (Wildman–Crippen LogP) is 4.97. The fourth-order valence-electron chi connectivity index (χ4n) is 5.56. The average Bonchev–Trinajstić information content (AvgIpc) is 2.93. The molecule has 1 aromatic carbocycles. The van der Waals surface area contributed by atoms with Crippen molar-refractivity contribution in [3.05, 3.63) is 29.8 Å². The van der Waals surface area contributed by atoms with Gasteiger partial charge in [-0.05, 0) is 74.8 Å². The summed E-state index contributed by atoms with van der Waals surface area (Å²) in [4.78, 5) is 12.7. The Hall–Kier alpha value is -1.16. The number of aryl methyl sites for hydroxylation is 1. The molecule has 0 unspecified atom stereocenters. The lowest BCUT2D eigenvalue weighted by Crippen LogP contribution is -2.39. The molecule has 2 aliphatic carbocycles. The van der Waals surface area contributed by atoms with Gasteiger partial charge in [-0.3, -0.25) is 4.79 Å². The molecule has 3 rings (SSSR count). The van der Waals surface area contributed by atoms with Crippen LogP contribution in [0.2, 0.25) is 0 Å². The van der Waals surface area contributed by atoms with Crippen LogP contribution in [0, 0.1) is 30.1 Å². The number of carbonyl (C=O) groups is 1. The monoisotopic (exact) mass is 376 g/mol. The molecule has 2 aliphatic rings. The lowest BCUT2D eigenvalue weighted by atomic mass is 9.62. The van der Waals surface area contributed by atoms with Gasteiger partial charge in [0.05, 0.1) is 10.6 Å². The fraction of sp³-hybridized carbons (Fsp3) is 0.682. The van der Waals surface area contributed by atoms with Crippen LogP contribution in [0.5, 0.6) is 0 Å². The van der Waals surface area contributed by atoms with Gasteiger partial charge in [0.2, 0.25) is 0 Å². The lowest BCUT2D eigenvalue weighted by Gasteiger charge is -2.42. The highest BCUT2D eigenvalue weighted by molar-refractivity contribution is 7.91. The molecular formula is C22H32O3S. The van der Waals surface area contributed by atoms with Gasteiger partial charge in [0.25, 0.3) is 0 Å². The van der Waals surface area contributed by atoms with Crippen LogP contribution in [0.25, 0.3) is 0 Å². The van der Waals surface area contributed by atoms with Crippen LogP contribution in [-0.4, -0.2) is 20.0 Å². The molecule has 144 valence electrons. The van der Waals surface area contributed by atoms with E-state index in [1.54, 1.807) is 12.1 Å². The zero-order valence-electron chi connectivity index (χ0n) is 16.3. The van der Waals surface area contributed by atoms with Crippen molar-refractivity contribution in [2.75, 3.05) is 5.75 Å². The minimum absolute atomic E-state index is 0.143. The largest absolute Gasteiger partial charge is 0.299 e. The van der Waals surface area contributed by atoms with Crippen molar-refractivity contribution in [3.8, 4) is 0 Å². The van der Waals surface area contributed by atoms with Crippen molar-refractivity contribution in [3.63, 3.8) is 0 Å². The first-order chi connectivity index (χ1) is 12.2. The molecule has 0 radical (unpaired) electrons. The third-order valence-electron chi connectivity index (χ3n) is 7.08. The molecule has 0 aliphatic heterocycles. The highest BCUT2D eigenvalue weighted by Gasteiger charge is 2.52. The number of fused-ring (bicyclic) bond motifs is 1. The normalized spacial score (nSPS) is 30.2. The van der Waals surface area contributed by atoms with E-state index < -0.39 is 9.84 Å². The van der Waals surface area contributed by atoms with E-state index in [0.717, 1.165) is 44.1 Å². The molecule has 26 heavy (non-hydrogen) atoms. The Morgan fingerprint density at radius 1 is 1.19 bits per heavy atom. The number of hydrogen-bond donors (Lipinski definition) is 0. The van der Waals surface area contributed by atoms with Crippen LogP contribution in [0.3, 0.4) is 0 Å². The molecular weight excluding hydrogens is 344 g/mol. The molecule has 0 heterocycles. The molecule has 0 N–H and O–H groups in total. The predicted molar refractivity (Wildman–Crippen MR) is 105 cm³/mol. The SMILES string of the molecule is Cc1ccc(S(=O)(=O)CCC[C@@H](C)[C@H]2CC[C@H]3C(=O)CCC[C@]23C)cc1. The second-order valence-electron chi connectivity index (χ2n) is 8.81. The van der Waals surface area contributed by atoms with E-state index in [1.807, 2.05) is 19.1 Å². The van der Waals surface area contributed by atoms with E-state index in [9.17, 15) is 13.2 Å². The second kappa shape index (κ2) is 7.46. The Balaban J connectivity index is 1.58. The molecule has 2 saturated carbocycles. The summed E-state index contributed by atoms with van der Waals surface area (Å²) in [5.41, 5.74) is 1.22. The summed E-state index contributed by atoms with van der Waals surface area (Å²) in [6.07, 6.45) is 6.71. The van der Waals surface area contributed by atoms with Crippen molar-refractivity contribution >= 4 is 15.6 Å². The molecule has 0 amide bonds. The lowest BCUT2D eigenvalue weighted by molar-refractivity contribution is -0.130. The van der Waals surface area contributed by atoms with Crippen LogP contribution >= 0.6 is 0 Å². The number of sulfone groups is 1. The Labute approximate surface area is 158 Å². The molecule has 3 nitrogen and oxygen atoms in total. The Morgan fingerprint density at radius 2 is 1.88 bits per heavy atom. The van der Waals surface area contributed by atoms with Crippen molar-refractivity contribution in [1.29, 1.82) is 0 Å². The van der Waals surface area contributed by atoms with E-state index in [2.05, 4.69) is 13.8 Å². The number of ketones is 1. The van der Waals surface area contributed by atoms with E-state index in [4.69, 9.17) is 0 Å². The van der Waals surface area contributed by atoms with Crippen molar-refractivity contribution in [2.45, 2.75) is 70.6 Å². The third-order valence-corrected chi connectivity index (χ3v) is 8.89. The average molecular weight is 377 g/mol. The summed E-state index contributed by atoms with van der Waals surface area (Å²) in [7, 11) is -3.20. The number of rotatable bonds is 6. The number of Topliss-reactive ketones (excluding diaryl/α,β-unsaturated/α-hetero) is 1. The molecule has 0 bridgehead atoms.